The normalized spacial score (nSPS) is 42.0. The highest BCUT2D eigenvalue weighted by atomic mass is 19.1. The number of hydrogen-bond donors (Lipinski definition) is 0. The average molecular weight is 102 g/mol. The summed E-state index contributed by atoms with van der Waals surface area (Å²) in [6, 6.07) is 0. The topological polar surface area (TPSA) is 0 Å². The van der Waals surface area contributed by atoms with E-state index in [9.17, 15) is 4.39 Å². The van der Waals surface area contributed by atoms with E-state index >= 15 is 0 Å². The van der Waals surface area contributed by atoms with Gasteiger partial charge in [-0.15, -0.1) is 0 Å². The lowest BCUT2D eigenvalue weighted by molar-refractivity contribution is 0.334. The Morgan fingerprint density at radius 2 is 2.14 bits per heavy atom. The quantitative estimate of drug-likeness (QED) is 0.439. The van der Waals surface area contributed by atoms with Crippen molar-refractivity contribution < 1.29 is 4.39 Å². The Hall–Kier alpha value is -0.0700. The molecule has 0 aromatic rings. The Kier molecular flexibility index (Phi) is 1.31. The van der Waals surface area contributed by atoms with Crippen molar-refractivity contribution in [2.24, 2.45) is 5.92 Å². The van der Waals surface area contributed by atoms with Crippen LogP contribution in [0.15, 0.2) is 0 Å². The van der Waals surface area contributed by atoms with Crippen LogP contribution in [0.2, 0.25) is 0 Å². The Morgan fingerprint density at radius 3 is 2.29 bits per heavy atom. The zero-order valence-electron chi connectivity index (χ0n) is 4.65. The van der Waals surface area contributed by atoms with Gasteiger partial charge in [-0.2, -0.15) is 0 Å². The number of halogens is 1. The molecule has 0 unspecified atom stereocenters. The van der Waals surface area contributed by atoms with Crippen LogP contribution < -0.4 is 0 Å². The summed E-state index contributed by atoms with van der Waals surface area (Å²) in [7, 11) is 0. The van der Waals surface area contributed by atoms with Crippen molar-refractivity contribution in [3.05, 3.63) is 0 Å². The highest BCUT2D eigenvalue weighted by Gasteiger charge is 2.19. The summed E-state index contributed by atoms with van der Waals surface area (Å²) in [4.78, 5) is 0. The molecule has 0 amide bonds. The van der Waals surface area contributed by atoms with Crippen LogP contribution in [0.3, 0.4) is 0 Å². The van der Waals surface area contributed by atoms with Gasteiger partial charge in [-0.1, -0.05) is 6.92 Å². The summed E-state index contributed by atoms with van der Waals surface area (Å²) in [5.41, 5.74) is 0. The molecule has 0 radical (unpaired) electrons. The van der Waals surface area contributed by atoms with Gasteiger partial charge in [-0.05, 0) is 25.2 Å². The molecule has 0 nitrogen and oxygen atoms in total. The molecular formula is C6H11F. The monoisotopic (exact) mass is 102 g/mol. The minimum Gasteiger partial charge on any atom is -0.247 e. The molecule has 0 aromatic carbocycles. The molecule has 1 heteroatoms. The number of alkyl halides is 1. The molecule has 7 heavy (non-hydrogen) atoms. The largest absolute Gasteiger partial charge is 0.247 e. The molecule has 1 aliphatic carbocycles. The average Bonchev–Trinajstić information content (AvgIpc) is 1.87. The van der Waals surface area contributed by atoms with Crippen LogP contribution in [0.1, 0.15) is 26.2 Å². The predicted molar refractivity (Wildman–Crippen MR) is 27.9 cm³/mol. The van der Waals surface area contributed by atoms with Crippen molar-refractivity contribution in [3.8, 4) is 0 Å². The van der Waals surface area contributed by atoms with Crippen molar-refractivity contribution in [1.29, 1.82) is 0 Å². The van der Waals surface area contributed by atoms with Crippen molar-refractivity contribution in [2.45, 2.75) is 32.4 Å². The highest BCUT2D eigenvalue weighted by Crippen LogP contribution is 2.26. The predicted octanol–water partition coefficient (Wildman–Crippen LogP) is 2.14. The Balaban J connectivity index is 2.26. The van der Waals surface area contributed by atoms with Gasteiger partial charge in [0.2, 0.25) is 0 Å². The fraction of sp³-hybridized carbons (Fsp3) is 1.00. The molecule has 1 saturated carbocycles. The fourth-order valence-corrected chi connectivity index (χ4v) is 1.14. The van der Waals surface area contributed by atoms with Crippen LogP contribution in [0, 0.1) is 5.92 Å². The van der Waals surface area contributed by atoms with E-state index in [4.69, 9.17) is 0 Å². The molecule has 1 rings (SSSR count). The molecule has 0 aromatic heterocycles. The van der Waals surface area contributed by atoms with Gasteiger partial charge < -0.3 is 0 Å². The lowest BCUT2D eigenvalue weighted by Crippen LogP contribution is -1.89. The van der Waals surface area contributed by atoms with E-state index in [1.54, 1.807) is 0 Å². The van der Waals surface area contributed by atoms with Gasteiger partial charge in [-0.25, -0.2) is 4.39 Å². The maximum Gasteiger partial charge on any atom is 0.100 e. The first-order valence-corrected chi connectivity index (χ1v) is 2.93. The van der Waals surface area contributed by atoms with Crippen LogP contribution in [0.5, 0.6) is 0 Å². The smallest absolute Gasteiger partial charge is 0.100 e. The third-order valence-electron chi connectivity index (χ3n) is 1.63. The van der Waals surface area contributed by atoms with Crippen LogP contribution in [-0.4, -0.2) is 6.17 Å². The SMILES string of the molecule is C[C@@H]1CC[C@@H](F)C1. The van der Waals surface area contributed by atoms with E-state index < -0.39 is 6.17 Å². The molecule has 2 atom stereocenters. The second-order valence-corrected chi connectivity index (χ2v) is 2.52. The van der Waals surface area contributed by atoms with E-state index in [1.165, 1.54) is 0 Å². The molecule has 1 aliphatic rings. The maximum absolute atomic E-state index is 12.2. The van der Waals surface area contributed by atoms with E-state index in [1.807, 2.05) is 0 Å². The molecular weight excluding hydrogens is 91.1 g/mol. The van der Waals surface area contributed by atoms with Crippen LogP contribution >= 0.6 is 0 Å². The molecule has 0 N–H and O–H groups in total. The molecule has 0 aliphatic heterocycles. The first-order valence-electron chi connectivity index (χ1n) is 2.93. The van der Waals surface area contributed by atoms with Gasteiger partial charge in [0.05, 0.1) is 0 Å². The zero-order chi connectivity index (χ0) is 5.28. The lowest BCUT2D eigenvalue weighted by atomic mass is 10.1. The Morgan fingerprint density at radius 1 is 1.43 bits per heavy atom. The fourth-order valence-electron chi connectivity index (χ4n) is 1.14. The molecule has 0 saturated heterocycles. The second kappa shape index (κ2) is 1.81. The van der Waals surface area contributed by atoms with Crippen molar-refractivity contribution >= 4 is 0 Å². The van der Waals surface area contributed by atoms with Crippen molar-refractivity contribution in [2.75, 3.05) is 0 Å². The minimum atomic E-state index is -0.477. The van der Waals surface area contributed by atoms with Gasteiger partial charge in [0.25, 0.3) is 0 Å². The summed E-state index contributed by atoms with van der Waals surface area (Å²) < 4.78 is 12.2. The third kappa shape index (κ3) is 1.15. The summed E-state index contributed by atoms with van der Waals surface area (Å²) in [6.45, 7) is 2.11. The molecule has 42 valence electrons. The minimum absolute atomic E-state index is 0.477. The highest BCUT2D eigenvalue weighted by molar-refractivity contribution is 4.70. The third-order valence-corrected chi connectivity index (χ3v) is 1.63. The zero-order valence-corrected chi connectivity index (χ0v) is 4.65. The molecule has 0 bridgehead atoms. The summed E-state index contributed by atoms with van der Waals surface area (Å²) in [6.07, 6.45) is 2.23. The van der Waals surface area contributed by atoms with E-state index in [-0.39, 0.29) is 0 Å². The van der Waals surface area contributed by atoms with Crippen LogP contribution in [0.4, 0.5) is 4.39 Å². The van der Waals surface area contributed by atoms with Crippen molar-refractivity contribution in [3.63, 3.8) is 0 Å². The number of rotatable bonds is 0. The van der Waals surface area contributed by atoms with E-state index in [0.29, 0.717) is 5.92 Å². The van der Waals surface area contributed by atoms with E-state index in [2.05, 4.69) is 6.92 Å². The summed E-state index contributed by atoms with van der Waals surface area (Å²) in [5.74, 6) is 0.648. The number of hydrogen-bond acceptors (Lipinski definition) is 0. The molecule has 0 spiro atoms. The van der Waals surface area contributed by atoms with E-state index in [0.717, 1.165) is 19.3 Å². The Bertz CT molecular complexity index is 53.2. The maximum atomic E-state index is 12.2. The first-order chi connectivity index (χ1) is 3.29. The molecule has 1 fully saturated rings. The van der Waals surface area contributed by atoms with Gasteiger partial charge in [0, 0.05) is 0 Å². The van der Waals surface area contributed by atoms with Gasteiger partial charge >= 0.3 is 0 Å². The summed E-state index contributed by atoms with van der Waals surface area (Å²) >= 11 is 0. The standard InChI is InChI=1S/C6H11F/c1-5-2-3-6(7)4-5/h5-6H,2-4H2,1H3/t5-,6-/m1/s1. The van der Waals surface area contributed by atoms with Gasteiger partial charge in [0.1, 0.15) is 6.17 Å². The first kappa shape index (κ1) is 5.07. The molecule has 0 heterocycles. The van der Waals surface area contributed by atoms with Crippen molar-refractivity contribution in [1.82, 2.24) is 0 Å². The van der Waals surface area contributed by atoms with Gasteiger partial charge in [-0.3, -0.25) is 0 Å². The van der Waals surface area contributed by atoms with Gasteiger partial charge in [0.15, 0.2) is 0 Å². The lowest BCUT2D eigenvalue weighted by Gasteiger charge is -1.93. The van der Waals surface area contributed by atoms with Crippen LogP contribution in [0.25, 0.3) is 0 Å². The Labute approximate surface area is 43.7 Å². The second-order valence-electron chi connectivity index (χ2n) is 2.52. The summed E-state index contributed by atoms with van der Waals surface area (Å²) in [5, 5.41) is 0. The van der Waals surface area contributed by atoms with Crippen LogP contribution in [-0.2, 0) is 0 Å².